The quantitative estimate of drug-likeness (QED) is 0.325. The Labute approximate surface area is 215 Å². The maximum absolute atomic E-state index is 12.9. The summed E-state index contributed by atoms with van der Waals surface area (Å²) in [5.74, 6) is 0.160. The van der Waals surface area contributed by atoms with Gasteiger partial charge in [-0.2, -0.15) is 0 Å². The van der Waals surface area contributed by atoms with Gasteiger partial charge < -0.3 is 4.90 Å². The van der Waals surface area contributed by atoms with Gasteiger partial charge in [-0.15, -0.1) is 0 Å². The first kappa shape index (κ1) is 22.8. The van der Waals surface area contributed by atoms with E-state index in [1.807, 2.05) is 29.3 Å². The fourth-order valence-corrected chi connectivity index (χ4v) is 5.77. The highest BCUT2D eigenvalue weighted by atomic mass is 79.9. The van der Waals surface area contributed by atoms with Crippen LogP contribution in [0.15, 0.2) is 63.4 Å². The number of halogens is 3. The molecule has 5 rings (SSSR count). The Balaban J connectivity index is 1.44. The molecule has 0 saturated carbocycles. The SMILES string of the molecule is O=C(Cc1ccnc(Br)c1)N1CCC(=C2c3ccc(Cl)cc3CCc3cc(Br)cnc32)CC1. The summed E-state index contributed by atoms with van der Waals surface area (Å²) in [6.07, 6.45) is 7.56. The van der Waals surface area contributed by atoms with Gasteiger partial charge in [-0.25, -0.2) is 4.98 Å². The van der Waals surface area contributed by atoms with Gasteiger partial charge in [0, 0.05) is 40.6 Å². The summed E-state index contributed by atoms with van der Waals surface area (Å²) in [6.45, 7) is 1.44. The lowest BCUT2D eigenvalue weighted by atomic mass is 9.88. The minimum absolute atomic E-state index is 0.160. The molecule has 168 valence electrons. The molecule has 3 heterocycles. The zero-order valence-electron chi connectivity index (χ0n) is 18.0. The number of aryl methyl sites for hydroxylation is 2. The number of fused-ring (bicyclic) bond motifs is 2. The number of hydrogen-bond acceptors (Lipinski definition) is 3. The fourth-order valence-electron chi connectivity index (χ4n) is 4.78. The lowest BCUT2D eigenvalue weighted by Crippen LogP contribution is -2.37. The molecule has 1 aromatic carbocycles. The molecular formula is C26H22Br2ClN3O. The normalized spacial score (nSPS) is 15.7. The van der Waals surface area contributed by atoms with E-state index < -0.39 is 0 Å². The van der Waals surface area contributed by atoms with Crippen LogP contribution in [-0.4, -0.2) is 33.9 Å². The van der Waals surface area contributed by atoms with E-state index in [2.05, 4.69) is 55.0 Å². The Morgan fingerprint density at radius 1 is 0.970 bits per heavy atom. The van der Waals surface area contributed by atoms with Gasteiger partial charge in [0.05, 0.1) is 12.1 Å². The summed E-state index contributed by atoms with van der Waals surface area (Å²) >= 11 is 13.3. The van der Waals surface area contributed by atoms with Crippen LogP contribution in [0.4, 0.5) is 0 Å². The van der Waals surface area contributed by atoms with Crippen molar-refractivity contribution in [3.05, 3.63) is 96.4 Å². The van der Waals surface area contributed by atoms with Gasteiger partial charge in [0.15, 0.2) is 0 Å². The van der Waals surface area contributed by atoms with Gasteiger partial charge in [0.25, 0.3) is 0 Å². The molecule has 1 saturated heterocycles. The van der Waals surface area contributed by atoms with E-state index in [4.69, 9.17) is 16.6 Å². The highest BCUT2D eigenvalue weighted by molar-refractivity contribution is 9.10. The second-order valence-corrected chi connectivity index (χ2v) is 10.7. The summed E-state index contributed by atoms with van der Waals surface area (Å²) in [6, 6.07) is 12.2. The first-order valence-corrected chi connectivity index (χ1v) is 13.0. The van der Waals surface area contributed by atoms with E-state index >= 15 is 0 Å². The van der Waals surface area contributed by atoms with E-state index in [0.29, 0.717) is 6.42 Å². The largest absolute Gasteiger partial charge is 0.342 e. The van der Waals surface area contributed by atoms with Gasteiger partial charge in [-0.1, -0.05) is 23.2 Å². The summed E-state index contributed by atoms with van der Waals surface area (Å²) in [5, 5.41) is 0.765. The van der Waals surface area contributed by atoms with Crippen LogP contribution in [0.3, 0.4) is 0 Å². The zero-order chi connectivity index (χ0) is 22.9. The van der Waals surface area contributed by atoms with Crippen molar-refractivity contribution in [2.45, 2.75) is 32.1 Å². The third-order valence-corrected chi connectivity index (χ3v) is 7.49. The first-order chi connectivity index (χ1) is 16.0. The maximum atomic E-state index is 12.9. The lowest BCUT2D eigenvalue weighted by Gasteiger charge is -2.30. The van der Waals surface area contributed by atoms with Crippen LogP contribution in [0.25, 0.3) is 5.57 Å². The average molecular weight is 588 g/mol. The number of piperidine rings is 1. The molecule has 2 aliphatic rings. The van der Waals surface area contributed by atoms with E-state index in [1.165, 1.54) is 27.8 Å². The number of rotatable bonds is 2. The molecule has 4 nitrogen and oxygen atoms in total. The second kappa shape index (κ2) is 9.69. The van der Waals surface area contributed by atoms with Crippen LogP contribution < -0.4 is 0 Å². The molecule has 2 aromatic heterocycles. The molecule has 0 unspecified atom stereocenters. The molecule has 1 aliphatic heterocycles. The molecule has 1 aliphatic carbocycles. The summed E-state index contributed by atoms with van der Waals surface area (Å²) < 4.78 is 1.75. The lowest BCUT2D eigenvalue weighted by molar-refractivity contribution is -0.130. The van der Waals surface area contributed by atoms with Gasteiger partial charge in [0.1, 0.15) is 4.60 Å². The second-order valence-electron chi connectivity index (χ2n) is 8.49. The van der Waals surface area contributed by atoms with Crippen LogP contribution in [0.5, 0.6) is 0 Å². The topological polar surface area (TPSA) is 46.1 Å². The Morgan fingerprint density at radius 3 is 2.55 bits per heavy atom. The van der Waals surface area contributed by atoms with Crippen molar-refractivity contribution in [2.75, 3.05) is 13.1 Å². The predicted molar refractivity (Wildman–Crippen MR) is 138 cm³/mol. The van der Waals surface area contributed by atoms with Gasteiger partial charge in [-0.3, -0.25) is 9.78 Å². The third-order valence-electron chi connectivity index (χ3n) is 6.39. The van der Waals surface area contributed by atoms with E-state index in [1.54, 1.807) is 6.20 Å². The zero-order valence-corrected chi connectivity index (χ0v) is 21.9. The van der Waals surface area contributed by atoms with Gasteiger partial charge in [0.2, 0.25) is 5.91 Å². The number of carbonyl (C=O) groups is 1. The molecule has 3 aromatic rings. The monoisotopic (exact) mass is 585 g/mol. The van der Waals surface area contributed by atoms with Crippen LogP contribution in [-0.2, 0) is 24.1 Å². The number of carbonyl (C=O) groups excluding carboxylic acids is 1. The molecule has 7 heteroatoms. The minimum Gasteiger partial charge on any atom is -0.342 e. The number of amides is 1. The predicted octanol–water partition coefficient (Wildman–Crippen LogP) is 6.42. The Kier molecular flexibility index (Phi) is 6.68. The Bertz CT molecular complexity index is 1210. The van der Waals surface area contributed by atoms with Crippen molar-refractivity contribution in [2.24, 2.45) is 0 Å². The molecule has 0 atom stereocenters. The molecule has 0 N–H and O–H groups in total. The molecule has 0 radical (unpaired) electrons. The van der Waals surface area contributed by atoms with Gasteiger partial charge in [-0.05, 0) is 110 Å². The highest BCUT2D eigenvalue weighted by Crippen LogP contribution is 2.39. The van der Waals surface area contributed by atoms with Crippen LogP contribution in [0.2, 0.25) is 5.02 Å². The van der Waals surface area contributed by atoms with Crippen molar-refractivity contribution < 1.29 is 4.79 Å². The van der Waals surface area contributed by atoms with Crippen LogP contribution in [0, 0.1) is 0 Å². The summed E-state index contributed by atoms with van der Waals surface area (Å²) in [5.41, 5.74) is 8.38. The molecular weight excluding hydrogens is 566 g/mol. The average Bonchev–Trinajstić information content (AvgIpc) is 2.95. The van der Waals surface area contributed by atoms with E-state index in [-0.39, 0.29) is 5.91 Å². The molecule has 0 bridgehead atoms. The van der Waals surface area contributed by atoms with Crippen LogP contribution in [0.1, 0.15) is 40.8 Å². The Hall–Kier alpha value is -2.02. The van der Waals surface area contributed by atoms with E-state index in [9.17, 15) is 4.79 Å². The van der Waals surface area contributed by atoms with Crippen molar-refractivity contribution in [3.8, 4) is 0 Å². The van der Waals surface area contributed by atoms with E-state index in [0.717, 1.165) is 64.1 Å². The van der Waals surface area contributed by atoms with Crippen molar-refractivity contribution in [1.82, 2.24) is 14.9 Å². The minimum atomic E-state index is 0.160. The van der Waals surface area contributed by atoms with Crippen molar-refractivity contribution >= 4 is 54.9 Å². The number of benzene rings is 1. The van der Waals surface area contributed by atoms with Crippen LogP contribution >= 0.6 is 43.5 Å². The smallest absolute Gasteiger partial charge is 0.227 e. The fraction of sp³-hybridized carbons (Fsp3) is 0.269. The number of hydrogen-bond donors (Lipinski definition) is 0. The summed E-state index contributed by atoms with van der Waals surface area (Å²) in [7, 11) is 0. The molecule has 1 fully saturated rings. The van der Waals surface area contributed by atoms with Gasteiger partial charge >= 0.3 is 0 Å². The first-order valence-electron chi connectivity index (χ1n) is 11.0. The van der Waals surface area contributed by atoms with Crippen molar-refractivity contribution in [1.29, 1.82) is 0 Å². The molecule has 0 spiro atoms. The van der Waals surface area contributed by atoms with Crippen molar-refractivity contribution in [3.63, 3.8) is 0 Å². The Morgan fingerprint density at radius 2 is 1.76 bits per heavy atom. The highest BCUT2D eigenvalue weighted by Gasteiger charge is 2.27. The number of pyridine rings is 2. The number of nitrogens with zero attached hydrogens (tertiary/aromatic N) is 3. The molecule has 1 amide bonds. The molecule has 33 heavy (non-hydrogen) atoms. The third kappa shape index (κ3) is 4.93. The number of aromatic nitrogens is 2. The maximum Gasteiger partial charge on any atom is 0.227 e. The summed E-state index contributed by atoms with van der Waals surface area (Å²) in [4.78, 5) is 23.9. The number of likely N-dealkylation sites (tertiary alicyclic amines) is 1. The standard InChI is InChI=1S/C26H22Br2ClN3O/c27-20-13-19-2-1-18-14-21(29)3-4-22(18)25(26(19)31-15-20)17-6-9-32(10-7-17)24(33)12-16-5-8-30-23(28)11-16/h3-5,8,11,13-15H,1-2,6-7,9-10,12H2.